The summed E-state index contributed by atoms with van der Waals surface area (Å²) in [5.41, 5.74) is 8.72. The van der Waals surface area contributed by atoms with Crippen LogP contribution in [0.15, 0.2) is 41.2 Å². The zero-order valence-corrected chi connectivity index (χ0v) is 11.3. The third kappa shape index (κ3) is 2.18. The summed E-state index contributed by atoms with van der Waals surface area (Å²) in [6.07, 6.45) is 4.35. The average Bonchev–Trinajstić information content (AvgIpc) is 2.85. The smallest absolute Gasteiger partial charge is 0.198 e. The van der Waals surface area contributed by atoms with Crippen molar-refractivity contribution >= 4 is 11.6 Å². The summed E-state index contributed by atoms with van der Waals surface area (Å²) in [7, 11) is 0. The van der Waals surface area contributed by atoms with Crippen LogP contribution >= 0.6 is 0 Å². The predicted octanol–water partition coefficient (Wildman–Crippen LogP) is 1.93. The van der Waals surface area contributed by atoms with E-state index in [0.29, 0.717) is 5.96 Å². The largest absolute Gasteiger partial charge is 0.369 e. The minimum Gasteiger partial charge on any atom is -0.369 e. The SMILES string of the molecule is CCCN1CC=C(N2CCc3ccccc32)N=C1N. The van der Waals surface area contributed by atoms with Gasteiger partial charge in [0.15, 0.2) is 5.96 Å². The number of hydrogen-bond acceptors (Lipinski definition) is 4. The highest BCUT2D eigenvalue weighted by atomic mass is 15.3. The highest BCUT2D eigenvalue weighted by Crippen LogP contribution is 2.31. The third-order valence-electron chi connectivity index (χ3n) is 3.70. The summed E-state index contributed by atoms with van der Waals surface area (Å²) in [6.45, 7) is 4.98. The van der Waals surface area contributed by atoms with Crippen molar-refractivity contribution in [2.75, 3.05) is 24.5 Å². The number of nitrogens with two attached hydrogens (primary N) is 1. The van der Waals surface area contributed by atoms with Crippen LogP contribution in [-0.4, -0.2) is 30.5 Å². The number of anilines is 1. The summed E-state index contributed by atoms with van der Waals surface area (Å²) in [5.74, 6) is 1.64. The van der Waals surface area contributed by atoms with Crippen LogP contribution in [0.5, 0.6) is 0 Å². The van der Waals surface area contributed by atoms with Gasteiger partial charge >= 0.3 is 0 Å². The second-order valence-corrected chi connectivity index (χ2v) is 5.01. The Balaban J connectivity index is 1.83. The Morgan fingerprint density at radius 3 is 2.95 bits per heavy atom. The fourth-order valence-electron chi connectivity index (χ4n) is 2.74. The van der Waals surface area contributed by atoms with Gasteiger partial charge in [-0.25, -0.2) is 0 Å². The van der Waals surface area contributed by atoms with Gasteiger partial charge in [0.1, 0.15) is 5.82 Å². The first kappa shape index (κ1) is 12.1. The minimum absolute atomic E-state index is 0.642. The molecule has 0 bridgehead atoms. The van der Waals surface area contributed by atoms with Gasteiger partial charge in [0.25, 0.3) is 0 Å². The maximum Gasteiger partial charge on any atom is 0.198 e. The molecule has 19 heavy (non-hydrogen) atoms. The Bertz CT molecular complexity index is 533. The fraction of sp³-hybridized carbons (Fsp3) is 0.400. The molecule has 4 heteroatoms. The molecule has 0 aliphatic carbocycles. The fourth-order valence-corrected chi connectivity index (χ4v) is 2.74. The first-order valence-electron chi connectivity index (χ1n) is 6.94. The molecule has 2 heterocycles. The van der Waals surface area contributed by atoms with E-state index < -0.39 is 0 Å². The van der Waals surface area contributed by atoms with Crippen LogP contribution in [0, 0.1) is 0 Å². The van der Waals surface area contributed by atoms with Gasteiger partial charge in [-0.05, 0) is 30.5 Å². The van der Waals surface area contributed by atoms with Crippen molar-refractivity contribution in [2.24, 2.45) is 10.7 Å². The van der Waals surface area contributed by atoms with Crippen molar-refractivity contribution in [2.45, 2.75) is 19.8 Å². The van der Waals surface area contributed by atoms with E-state index in [2.05, 4.69) is 52.1 Å². The van der Waals surface area contributed by atoms with Gasteiger partial charge in [-0.15, -0.1) is 0 Å². The number of aliphatic imine (C=N–C) groups is 1. The molecule has 0 spiro atoms. The molecule has 0 atom stereocenters. The number of nitrogens with zero attached hydrogens (tertiary/aromatic N) is 3. The average molecular weight is 256 g/mol. The Hall–Kier alpha value is -1.97. The van der Waals surface area contributed by atoms with Gasteiger partial charge in [0.05, 0.1) is 0 Å². The van der Waals surface area contributed by atoms with Crippen LogP contribution in [0.3, 0.4) is 0 Å². The van der Waals surface area contributed by atoms with Crippen molar-refractivity contribution < 1.29 is 0 Å². The number of para-hydroxylation sites is 1. The van der Waals surface area contributed by atoms with Crippen LogP contribution < -0.4 is 10.6 Å². The van der Waals surface area contributed by atoms with Crippen LogP contribution in [-0.2, 0) is 6.42 Å². The number of rotatable bonds is 3. The molecule has 100 valence electrons. The Labute approximate surface area is 114 Å². The van der Waals surface area contributed by atoms with E-state index in [-0.39, 0.29) is 0 Å². The van der Waals surface area contributed by atoms with Crippen molar-refractivity contribution in [1.29, 1.82) is 0 Å². The topological polar surface area (TPSA) is 44.9 Å². The quantitative estimate of drug-likeness (QED) is 0.898. The second-order valence-electron chi connectivity index (χ2n) is 5.01. The highest BCUT2D eigenvalue weighted by Gasteiger charge is 2.23. The Morgan fingerprint density at radius 2 is 2.16 bits per heavy atom. The molecule has 0 saturated heterocycles. The molecule has 3 rings (SSSR count). The standard InChI is InChI=1S/C15H20N4/c1-2-9-18-10-8-14(17-15(18)16)19-11-7-12-5-3-4-6-13(12)19/h3-6,8H,2,7,9-11H2,1H3,(H2,16,17). The lowest BCUT2D eigenvalue weighted by molar-refractivity contribution is 0.445. The summed E-state index contributed by atoms with van der Waals surface area (Å²) in [5, 5.41) is 0. The van der Waals surface area contributed by atoms with Crippen molar-refractivity contribution in [3.63, 3.8) is 0 Å². The molecule has 2 aliphatic heterocycles. The first-order chi connectivity index (χ1) is 9.29. The molecule has 2 aliphatic rings. The van der Waals surface area contributed by atoms with Crippen molar-refractivity contribution in [3.05, 3.63) is 41.7 Å². The van der Waals surface area contributed by atoms with Crippen LogP contribution in [0.1, 0.15) is 18.9 Å². The van der Waals surface area contributed by atoms with E-state index in [0.717, 1.165) is 38.3 Å². The molecular formula is C15H20N4. The molecule has 1 aromatic carbocycles. The van der Waals surface area contributed by atoms with Gasteiger partial charge < -0.3 is 15.5 Å². The minimum atomic E-state index is 0.642. The second kappa shape index (κ2) is 4.96. The lowest BCUT2D eigenvalue weighted by Gasteiger charge is -2.29. The lowest BCUT2D eigenvalue weighted by Crippen LogP contribution is -2.41. The van der Waals surface area contributed by atoms with E-state index in [9.17, 15) is 0 Å². The molecule has 0 saturated carbocycles. The van der Waals surface area contributed by atoms with E-state index >= 15 is 0 Å². The summed E-state index contributed by atoms with van der Waals surface area (Å²) in [4.78, 5) is 8.96. The molecule has 0 unspecified atom stereocenters. The van der Waals surface area contributed by atoms with Gasteiger partial charge in [-0.3, -0.25) is 0 Å². The van der Waals surface area contributed by atoms with Crippen LogP contribution in [0.25, 0.3) is 0 Å². The van der Waals surface area contributed by atoms with Crippen molar-refractivity contribution in [3.8, 4) is 0 Å². The van der Waals surface area contributed by atoms with Gasteiger partial charge in [-0.2, -0.15) is 4.99 Å². The van der Waals surface area contributed by atoms with E-state index in [1.165, 1.54) is 11.3 Å². The summed E-state index contributed by atoms with van der Waals surface area (Å²) >= 11 is 0. The van der Waals surface area contributed by atoms with Crippen molar-refractivity contribution in [1.82, 2.24) is 4.90 Å². The number of fused-ring (bicyclic) bond motifs is 1. The number of guanidine groups is 1. The Morgan fingerprint density at radius 1 is 1.32 bits per heavy atom. The molecule has 0 radical (unpaired) electrons. The maximum absolute atomic E-state index is 6.05. The maximum atomic E-state index is 6.05. The summed E-state index contributed by atoms with van der Waals surface area (Å²) in [6, 6.07) is 8.53. The molecule has 1 aromatic rings. The number of benzene rings is 1. The monoisotopic (exact) mass is 256 g/mol. The van der Waals surface area contributed by atoms with Gasteiger partial charge in [-0.1, -0.05) is 25.1 Å². The third-order valence-corrected chi connectivity index (χ3v) is 3.70. The number of hydrogen-bond donors (Lipinski definition) is 1. The molecule has 2 N–H and O–H groups in total. The lowest BCUT2D eigenvalue weighted by atomic mass is 10.2. The highest BCUT2D eigenvalue weighted by molar-refractivity contribution is 5.81. The van der Waals surface area contributed by atoms with E-state index in [1.807, 2.05) is 0 Å². The van der Waals surface area contributed by atoms with Crippen LogP contribution in [0.2, 0.25) is 0 Å². The Kier molecular flexibility index (Phi) is 3.15. The van der Waals surface area contributed by atoms with Gasteiger partial charge in [0.2, 0.25) is 0 Å². The van der Waals surface area contributed by atoms with Gasteiger partial charge in [0, 0.05) is 25.3 Å². The molecule has 0 fully saturated rings. The molecular weight excluding hydrogens is 236 g/mol. The molecule has 0 aromatic heterocycles. The van der Waals surface area contributed by atoms with Crippen LogP contribution in [0.4, 0.5) is 5.69 Å². The normalized spacial score (nSPS) is 18.2. The zero-order chi connectivity index (χ0) is 13.2. The molecule has 4 nitrogen and oxygen atoms in total. The van der Waals surface area contributed by atoms with E-state index in [1.54, 1.807) is 0 Å². The predicted molar refractivity (Wildman–Crippen MR) is 79.1 cm³/mol. The first-order valence-corrected chi connectivity index (χ1v) is 6.94. The molecule has 0 amide bonds. The zero-order valence-electron chi connectivity index (χ0n) is 11.3. The summed E-state index contributed by atoms with van der Waals surface area (Å²) < 4.78 is 0. The van der Waals surface area contributed by atoms with E-state index in [4.69, 9.17) is 5.73 Å².